The van der Waals surface area contributed by atoms with E-state index < -0.39 is 17.2 Å². The standard InChI is InChI=1S/C14H15F2N.C2H5.U/c1-9-2-4-10(5-3-9)11-6-13(15)12(8-17)14(16)7-11;1-2;/h6-7,9-10H,2-5H2,1H3;1H2,2H3;/q;-1;. The van der Waals surface area contributed by atoms with Gasteiger partial charge in [0.25, 0.3) is 0 Å². The first-order valence-electron chi connectivity index (χ1n) is 6.71. The maximum atomic E-state index is 13.5. The fourth-order valence-corrected chi connectivity index (χ4v) is 2.53. The van der Waals surface area contributed by atoms with Crippen molar-refractivity contribution in [2.24, 2.45) is 5.92 Å². The van der Waals surface area contributed by atoms with Crippen LogP contribution in [0, 0.1) is 66.9 Å². The summed E-state index contributed by atoms with van der Waals surface area (Å²) >= 11 is 0. The smallest absolute Gasteiger partial charge is 0.144 e. The van der Waals surface area contributed by atoms with E-state index in [0.717, 1.165) is 25.7 Å². The van der Waals surface area contributed by atoms with Gasteiger partial charge in [-0.1, -0.05) is 19.8 Å². The Kier molecular flexibility index (Phi) is 9.36. The third-order valence-corrected chi connectivity index (χ3v) is 3.66. The molecule has 0 aliphatic heterocycles. The number of rotatable bonds is 1. The van der Waals surface area contributed by atoms with Crippen LogP contribution in [0.15, 0.2) is 12.1 Å². The number of halogens is 2. The van der Waals surface area contributed by atoms with E-state index in [1.807, 2.05) is 0 Å². The molecule has 1 aliphatic rings. The van der Waals surface area contributed by atoms with E-state index in [2.05, 4.69) is 13.8 Å². The van der Waals surface area contributed by atoms with Crippen LogP contribution < -0.4 is 0 Å². The molecular formula is C16H20F2NU-. The minimum absolute atomic E-state index is 0. The average molecular weight is 502 g/mol. The summed E-state index contributed by atoms with van der Waals surface area (Å²) in [6.45, 7) is 7.20. The van der Waals surface area contributed by atoms with Gasteiger partial charge in [-0.2, -0.15) is 12.2 Å². The molecule has 1 saturated carbocycles. The van der Waals surface area contributed by atoms with E-state index in [9.17, 15) is 8.78 Å². The zero-order chi connectivity index (χ0) is 14.4. The summed E-state index contributed by atoms with van der Waals surface area (Å²) in [7, 11) is 0. The largest absolute Gasteiger partial charge is 0.346 e. The molecule has 1 aromatic carbocycles. The second-order valence-corrected chi connectivity index (χ2v) is 4.93. The maximum Gasteiger partial charge on any atom is 0.144 e. The Hall–Kier alpha value is -0.378. The van der Waals surface area contributed by atoms with Crippen molar-refractivity contribution >= 4 is 0 Å². The molecule has 0 saturated heterocycles. The van der Waals surface area contributed by atoms with E-state index in [-0.39, 0.29) is 37.0 Å². The third-order valence-electron chi connectivity index (χ3n) is 3.66. The minimum Gasteiger partial charge on any atom is -0.346 e. The zero-order valence-electron chi connectivity index (χ0n) is 12.0. The van der Waals surface area contributed by atoms with Crippen LogP contribution in [0.25, 0.3) is 0 Å². The third kappa shape index (κ3) is 4.87. The first-order chi connectivity index (χ1) is 9.11. The van der Waals surface area contributed by atoms with Crippen LogP contribution in [0.3, 0.4) is 0 Å². The first kappa shape index (κ1) is 19.6. The van der Waals surface area contributed by atoms with Gasteiger partial charge in [-0.15, -0.1) is 0 Å². The van der Waals surface area contributed by atoms with Crippen LogP contribution >= 0.6 is 0 Å². The minimum atomic E-state index is -0.735. The Bertz CT molecular complexity index is 437. The van der Waals surface area contributed by atoms with Gasteiger partial charge in [0.05, 0.1) is 0 Å². The van der Waals surface area contributed by atoms with Crippen LogP contribution in [0.4, 0.5) is 8.78 Å². The normalized spacial score (nSPS) is 21.0. The number of nitrogens with zero attached hydrogens (tertiary/aromatic N) is 1. The summed E-state index contributed by atoms with van der Waals surface area (Å²) in [5.41, 5.74) is 0.226. The molecule has 0 heterocycles. The van der Waals surface area contributed by atoms with Gasteiger partial charge in [0.1, 0.15) is 23.3 Å². The van der Waals surface area contributed by atoms with Crippen molar-refractivity contribution in [3.63, 3.8) is 0 Å². The summed E-state index contributed by atoms with van der Waals surface area (Å²) in [4.78, 5) is 0. The fraction of sp³-hybridized carbons (Fsp3) is 0.500. The number of benzene rings is 1. The number of hydrogen-bond acceptors (Lipinski definition) is 1. The summed E-state index contributed by atoms with van der Waals surface area (Å²) < 4.78 is 27.0. The molecule has 1 aromatic rings. The Labute approximate surface area is 144 Å². The van der Waals surface area contributed by atoms with E-state index >= 15 is 0 Å². The van der Waals surface area contributed by atoms with Crippen LogP contribution in [0.2, 0.25) is 0 Å². The number of hydrogen-bond donors (Lipinski definition) is 0. The van der Waals surface area contributed by atoms with Gasteiger partial charge in [0.2, 0.25) is 0 Å². The van der Waals surface area contributed by atoms with Crippen LogP contribution in [0.5, 0.6) is 0 Å². The molecule has 108 valence electrons. The Morgan fingerprint density at radius 1 is 1.10 bits per heavy atom. The summed E-state index contributed by atoms with van der Waals surface area (Å²) in [5, 5.41) is 8.61. The SMILES string of the molecule is CC1CCC(c2cc(F)c(C#N)c(F)c2)CC1.[CH2-]C.[U]. The van der Waals surface area contributed by atoms with E-state index in [4.69, 9.17) is 5.26 Å². The summed E-state index contributed by atoms with van der Waals surface area (Å²) in [5.74, 6) is -0.524. The molecule has 2 rings (SSSR count). The maximum absolute atomic E-state index is 13.5. The van der Waals surface area contributed by atoms with E-state index in [0.29, 0.717) is 11.5 Å². The Morgan fingerprint density at radius 3 is 1.95 bits per heavy atom. The molecule has 0 bridgehead atoms. The van der Waals surface area contributed by atoms with Gasteiger partial charge in [-0.3, -0.25) is 0 Å². The average Bonchev–Trinajstić information content (AvgIpc) is 2.41. The molecule has 0 radical (unpaired) electrons. The second kappa shape index (κ2) is 9.54. The predicted molar refractivity (Wildman–Crippen MR) is 72.5 cm³/mol. The molecule has 1 fully saturated rings. The van der Waals surface area contributed by atoms with Crippen molar-refractivity contribution in [3.8, 4) is 6.07 Å². The zero-order valence-corrected chi connectivity index (χ0v) is 16.2. The molecule has 0 atom stereocenters. The van der Waals surface area contributed by atoms with Gasteiger partial charge in [-0.25, -0.2) is 8.78 Å². The van der Waals surface area contributed by atoms with Gasteiger partial charge < -0.3 is 6.92 Å². The molecule has 20 heavy (non-hydrogen) atoms. The molecule has 0 aromatic heterocycles. The van der Waals surface area contributed by atoms with Gasteiger partial charge in [0.15, 0.2) is 0 Å². The van der Waals surface area contributed by atoms with Crippen molar-refractivity contribution < 1.29 is 39.9 Å². The quantitative estimate of drug-likeness (QED) is 0.498. The second-order valence-electron chi connectivity index (χ2n) is 4.93. The van der Waals surface area contributed by atoms with Gasteiger partial charge >= 0.3 is 0 Å². The van der Waals surface area contributed by atoms with Crippen molar-refractivity contribution in [1.82, 2.24) is 0 Å². The molecule has 4 heteroatoms. The predicted octanol–water partition coefficient (Wildman–Crippen LogP) is 4.97. The monoisotopic (exact) mass is 502 g/mol. The van der Waals surface area contributed by atoms with Crippen molar-refractivity contribution in [1.29, 1.82) is 5.26 Å². The topological polar surface area (TPSA) is 23.8 Å². The van der Waals surface area contributed by atoms with Crippen molar-refractivity contribution in [3.05, 3.63) is 41.8 Å². The molecule has 1 aliphatic carbocycles. The van der Waals surface area contributed by atoms with E-state index in [1.54, 1.807) is 13.0 Å². The molecular weight excluding hydrogens is 482 g/mol. The fourth-order valence-electron chi connectivity index (χ4n) is 2.53. The van der Waals surface area contributed by atoms with Crippen molar-refractivity contribution in [2.75, 3.05) is 0 Å². The van der Waals surface area contributed by atoms with Crippen molar-refractivity contribution in [2.45, 2.75) is 45.4 Å². The van der Waals surface area contributed by atoms with Gasteiger partial charge in [0, 0.05) is 31.1 Å². The van der Waals surface area contributed by atoms with Gasteiger partial charge in [-0.05, 0) is 42.4 Å². The number of nitriles is 1. The Balaban J connectivity index is 0.00000115. The molecule has 0 amide bonds. The summed E-state index contributed by atoms with van der Waals surface area (Å²) in [6, 6.07) is 4.19. The molecule has 0 N–H and O–H groups in total. The van der Waals surface area contributed by atoms with E-state index in [1.165, 1.54) is 12.1 Å². The van der Waals surface area contributed by atoms with Crippen LogP contribution in [0.1, 0.15) is 56.6 Å². The molecule has 0 spiro atoms. The summed E-state index contributed by atoms with van der Waals surface area (Å²) in [6.07, 6.45) is 4.17. The van der Waals surface area contributed by atoms with Crippen LogP contribution in [-0.2, 0) is 0 Å². The molecule has 0 unspecified atom stereocenters. The molecule has 1 nitrogen and oxygen atoms in total. The first-order valence-corrected chi connectivity index (χ1v) is 6.71. The Morgan fingerprint density at radius 2 is 1.55 bits per heavy atom. The van der Waals surface area contributed by atoms with Crippen LogP contribution in [-0.4, -0.2) is 0 Å².